The van der Waals surface area contributed by atoms with Crippen molar-refractivity contribution in [3.8, 4) is 0 Å². The average Bonchev–Trinajstić information content (AvgIpc) is 2.31. The van der Waals surface area contributed by atoms with Crippen LogP contribution in [0.1, 0.15) is 0 Å². The molecule has 0 saturated heterocycles. The number of aromatic nitrogens is 1. The fraction of sp³-hybridized carbons (Fsp3) is 0.167. The first-order valence-electron chi connectivity index (χ1n) is 2.86. The van der Waals surface area contributed by atoms with E-state index in [0.29, 0.717) is 11.0 Å². The van der Waals surface area contributed by atoms with E-state index < -0.39 is 0 Å². The van der Waals surface area contributed by atoms with Gasteiger partial charge in [-0.1, -0.05) is 34.1 Å². The molecular formula is C6H6BrClN2S. The van der Waals surface area contributed by atoms with Crippen molar-refractivity contribution in [1.82, 2.24) is 4.98 Å². The summed E-state index contributed by atoms with van der Waals surface area (Å²) in [6, 6.07) is 0. The highest BCUT2D eigenvalue weighted by molar-refractivity contribution is 9.11. The molecular weight excluding hydrogens is 248 g/mol. The second kappa shape index (κ2) is 4.09. The Hall–Kier alpha value is -0.0600. The van der Waals surface area contributed by atoms with Crippen molar-refractivity contribution in [1.29, 1.82) is 0 Å². The molecule has 5 heteroatoms. The normalized spacial score (nSPS) is 9.64. The Bertz CT molecular complexity index is 261. The number of thiazole rings is 1. The maximum absolute atomic E-state index is 5.61. The van der Waals surface area contributed by atoms with Gasteiger partial charge >= 0.3 is 0 Å². The number of halogens is 2. The van der Waals surface area contributed by atoms with Crippen LogP contribution in [0.5, 0.6) is 0 Å². The summed E-state index contributed by atoms with van der Waals surface area (Å²) >= 11 is 10.2. The summed E-state index contributed by atoms with van der Waals surface area (Å²) in [7, 11) is 0. The minimum Gasteiger partial charge on any atom is -0.365 e. The van der Waals surface area contributed by atoms with Crippen molar-refractivity contribution in [2.75, 3.05) is 11.9 Å². The number of nitrogens with zero attached hydrogens (tertiary/aromatic N) is 1. The number of hydrogen-bond donors (Lipinski definition) is 1. The minimum absolute atomic E-state index is 0.549. The highest BCUT2D eigenvalue weighted by Gasteiger charge is 1.97. The molecule has 1 aromatic rings. The minimum atomic E-state index is 0.549. The number of nitrogens with one attached hydrogen (secondary N) is 1. The van der Waals surface area contributed by atoms with Crippen LogP contribution in [0.2, 0.25) is 4.47 Å². The summed E-state index contributed by atoms with van der Waals surface area (Å²) < 4.78 is 1.44. The van der Waals surface area contributed by atoms with Crippen molar-refractivity contribution in [2.24, 2.45) is 0 Å². The SMILES string of the molecule is C=C(Br)CNc1csc(Cl)n1. The monoisotopic (exact) mass is 252 g/mol. The largest absolute Gasteiger partial charge is 0.365 e. The van der Waals surface area contributed by atoms with Crippen molar-refractivity contribution in [2.45, 2.75) is 0 Å². The standard InChI is InChI=1S/C6H6BrClN2S/c1-4(7)2-9-5-3-11-6(8)10-5/h3,9H,1-2H2. The van der Waals surface area contributed by atoms with Gasteiger partial charge in [-0.2, -0.15) is 0 Å². The van der Waals surface area contributed by atoms with Crippen molar-refractivity contribution < 1.29 is 0 Å². The molecule has 2 nitrogen and oxygen atoms in total. The predicted molar refractivity (Wildman–Crippen MR) is 53.7 cm³/mol. The van der Waals surface area contributed by atoms with E-state index in [9.17, 15) is 0 Å². The van der Waals surface area contributed by atoms with Crippen LogP contribution in [0.3, 0.4) is 0 Å². The van der Waals surface area contributed by atoms with Gasteiger partial charge in [-0.25, -0.2) is 4.98 Å². The Morgan fingerprint density at radius 1 is 1.91 bits per heavy atom. The highest BCUT2D eigenvalue weighted by Crippen LogP contribution is 2.18. The lowest BCUT2D eigenvalue weighted by molar-refractivity contribution is 1.26. The summed E-state index contributed by atoms with van der Waals surface area (Å²) in [5.74, 6) is 0.792. The molecule has 1 heterocycles. The third-order valence-electron chi connectivity index (χ3n) is 0.937. The van der Waals surface area contributed by atoms with Crippen molar-refractivity contribution in [3.63, 3.8) is 0 Å². The molecule has 0 aliphatic heterocycles. The van der Waals surface area contributed by atoms with Gasteiger partial charge in [0.05, 0.1) is 0 Å². The van der Waals surface area contributed by atoms with Crippen molar-refractivity contribution in [3.05, 3.63) is 20.9 Å². The Labute approximate surface area is 82.4 Å². The molecule has 60 valence electrons. The van der Waals surface area contributed by atoms with Gasteiger partial charge in [0.1, 0.15) is 5.82 Å². The van der Waals surface area contributed by atoms with Gasteiger partial charge < -0.3 is 5.32 Å². The topological polar surface area (TPSA) is 24.9 Å². The molecule has 1 aromatic heterocycles. The van der Waals surface area contributed by atoms with Gasteiger partial charge in [0.25, 0.3) is 0 Å². The van der Waals surface area contributed by atoms with Crippen molar-refractivity contribution >= 4 is 44.7 Å². The van der Waals surface area contributed by atoms with Gasteiger partial charge in [-0.05, 0) is 0 Å². The first-order chi connectivity index (χ1) is 5.18. The average molecular weight is 254 g/mol. The zero-order chi connectivity index (χ0) is 8.27. The molecule has 1 N–H and O–H groups in total. The van der Waals surface area contributed by atoms with E-state index in [0.717, 1.165) is 10.3 Å². The van der Waals surface area contributed by atoms with Gasteiger partial charge in [0, 0.05) is 16.4 Å². The fourth-order valence-electron chi connectivity index (χ4n) is 0.520. The smallest absolute Gasteiger partial charge is 0.185 e. The molecule has 0 unspecified atom stereocenters. The van der Waals surface area contributed by atoms with Crippen LogP contribution in [0.25, 0.3) is 0 Å². The zero-order valence-electron chi connectivity index (χ0n) is 5.60. The molecule has 0 aliphatic rings. The molecule has 0 aromatic carbocycles. The summed E-state index contributed by atoms with van der Waals surface area (Å²) in [6.07, 6.45) is 0. The second-order valence-electron chi connectivity index (χ2n) is 1.86. The highest BCUT2D eigenvalue weighted by atomic mass is 79.9. The first kappa shape index (κ1) is 9.03. The van der Waals surface area contributed by atoms with Gasteiger partial charge in [-0.15, -0.1) is 11.3 Å². The lowest BCUT2D eigenvalue weighted by Gasteiger charge is -1.98. The van der Waals surface area contributed by atoms with E-state index >= 15 is 0 Å². The van der Waals surface area contributed by atoms with Crippen LogP contribution in [-0.4, -0.2) is 11.5 Å². The van der Waals surface area contributed by atoms with Crippen LogP contribution < -0.4 is 5.32 Å². The third-order valence-corrected chi connectivity index (χ3v) is 2.20. The van der Waals surface area contributed by atoms with E-state index in [1.807, 2.05) is 5.38 Å². The van der Waals surface area contributed by atoms with E-state index in [2.05, 4.69) is 32.8 Å². The molecule has 0 fully saturated rings. The van der Waals surface area contributed by atoms with E-state index in [1.165, 1.54) is 11.3 Å². The molecule has 0 aliphatic carbocycles. The summed E-state index contributed by atoms with van der Waals surface area (Å²) in [4.78, 5) is 3.99. The van der Waals surface area contributed by atoms with Crippen LogP contribution in [-0.2, 0) is 0 Å². The van der Waals surface area contributed by atoms with E-state index in [-0.39, 0.29) is 0 Å². The Morgan fingerprint density at radius 2 is 2.64 bits per heavy atom. The van der Waals surface area contributed by atoms with Gasteiger partial charge in [0.2, 0.25) is 0 Å². The zero-order valence-corrected chi connectivity index (χ0v) is 8.76. The summed E-state index contributed by atoms with van der Waals surface area (Å²) in [6.45, 7) is 4.34. The third kappa shape index (κ3) is 3.22. The molecule has 0 spiro atoms. The number of anilines is 1. The molecule has 11 heavy (non-hydrogen) atoms. The van der Waals surface area contributed by atoms with Gasteiger partial charge in [-0.3, -0.25) is 0 Å². The molecule has 0 saturated carbocycles. The van der Waals surface area contributed by atoms with Crippen LogP contribution >= 0.6 is 38.9 Å². The Kier molecular flexibility index (Phi) is 3.36. The predicted octanol–water partition coefficient (Wildman–Crippen LogP) is 3.12. The van der Waals surface area contributed by atoms with E-state index in [1.54, 1.807) is 0 Å². The lowest BCUT2D eigenvalue weighted by Crippen LogP contribution is -2.00. The van der Waals surface area contributed by atoms with Gasteiger partial charge in [0.15, 0.2) is 4.47 Å². The maximum atomic E-state index is 5.61. The summed E-state index contributed by atoms with van der Waals surface area (Å²) in [5.41, 5.74) is 0. The van der Waals surface area contributed by atoms with E-state index in [4.69, 9.17) is 11.6 Å². The van der Waals surface area contributed by atoms with Crippen LogP contribution in [0.4, 0.5) is 5.82 Å². The molecule has 0 atom stereocenters. The number of rotatable bonds is 3. The first-order valence-corrected chi connectivity index (χ1v) is 4.91. The quantitative estimate of drug-likeness (QED) is 0.895. The summed E-state index contributed by atoms with van der Waals surface area (Å²) in [5, 5.41) is 4.89. The maximum Gasteiger partial charge on any atom is 0.185 e. The number of hydrogen-bond acceptors (Lipinski definition) is 3. The van der Waals surface area contributed by atoms with Crippen LogP contribution in [0.15, 0.2) is 16.4 Å². The Balaban J connectivity index is 2.45. The lowest BCUT2D eigenvalue weighted by atomic mass is 10.6. The molecule has 0 bridgehead atoms. The van der Waals surface area contributed by atoms with Crippen LogP contribution in [0, 0.1) is 0 Å². The Morgan fingerprint density at radius 3 is 3.09 bits per heavy atom. The molecule has 0 radical (unpaired) electrons. The second-order valence-corrected chi connectivity index (χ2v) is 4.42. The molecule has 1 rings (SSSR count). The fourth-order valence-corrected chi connectivity index (χ4v) is 1.38. The molecule has 0 amide bonds.